The third kappa shape index (κ3) is 2.01. The summed E-state index contributed by atoms with van der Waals surface area (Å²) in [5, 5.41) is 1.39. The van der Waals surface area contributed by atoms with E-state index in [0.717, 1.165) is 5.56 Å². The smallest absolute Gasteiger partial charge is 0.261 e. The lowest BCUT2D eigenvalue weighted by Crippen LogP contribution is -2.35. The van der Waals surface area contributed by atoms with Gasteiger partial charge in [-0.15, -0.1) is 0 Å². The second kappa shape index (κ2) is 5.49. The summed E-state index contributed by atoms with van der Waals surface area (Å²) in [5.41, 5.74) is 3.42. The maximum absolute atomic E-state index is 12.7. The molecule has 1 aromatic carbocycles. The highest BCUT2D eigenvalue weighted by Gasteiger charge is 2.52. The number of allylic oxidation sites excluding steroid dienone is 1. The molecule has 0 bridgehead atoms. The Bertz CT molecular complexity index is 545. The number of carbonyl (C=O) groups is 2. The van der Waals surface area contributed by atoms with Crippen LogP contribution in [-0.4, -0.2) is 16.8 Å². The van der Waals surface area contributed by atoms with Gasteiger partial charge in [-0.25, -0.2) is 5.01 Å². The highest BCUT2D eigenvalue weighted by molar-refractivity contribution is 6.12. The summed E-state index contributed by atoms with van der Waals surface area (Å²) < 4.78 is 0. The fourth-order valence-electron chi connectivity index (χ4n) is 2.65. The molecule has 2 amide bonds. The van der Waals surface area contributed by atoms with Crippen molar-refractivity contribution < 1.29 is 9.59 Å². The van der Waals surface area contributed by atoms with E-state index in [1.165, 1.54) is 5.01 Å². The number of nitrogens with zero attached hydrogens (tertiary/aromatic N) is 1. The van der Waals surface area contributed by atoms with Gasteiger partial charge in [-0.1, -0.05) is 50.3 Å². The molecule has 1 fully saturated rings. The average molecular weight is 272 g/mol. The molecule has 2 rings (SSSR count). The molecule has 0 atom stereocenters. The molecule has 0 radical (unpaired) electrons. The molecule has 0 aliphatic carbocycles. The zero-order valence-corrected chi connectivity index (χ0v) is 12.1. The van der Waals surface area contributed by atoms with Gasteiger partial charge < -0.3 is 0 Å². The molecular formula is C16H20N2O2. The van der Waals surface area contributed by atoms with E-state index in [1.807, 2.05) is 57.2 Å². The number of rotatable bonds is 4. The van der Waals surface area contributed by atoms with E-state index in [2.05, 4.69) is 5.43 Å². The Morgan fingerprint density at radius 3 is 2.25 bits per heavy atom. The minimum Gasteiger partial charge on any atom is -0.272 e. The van der Waals surface area contributed by atoms with Crippen LogP contribution in [0.4, 0.5) is 0 Å². The van der Waals surface area contributed by atoms with Crippen molar-refractivity contribution in [1.82, 2.24) is 10.4 Å². The Labute approximate surface area is 119 Å². The first kappa shape index (κ1) is 14.3. The van der Waals surface area contributed by atoms with Gasteiger partial charge in [0.15, 0.2) is 0 Å². The van der Waals surface area contributed by atoms with Gasteiger partial charge in [0.05, 0.1) is 5.70 Å². The molecule has 0 unspecified atom stereocenters. The van der Waals surface area contributed by atoms with Crippen LogP contribution in [0.5, 0.6) is 0 Å². The minimum absolute atomic E-state index is 0.163. The second-order valence-corrected chi connectivity index (χ2v) is 4.91. The third-order valence-corrected chi connectivity index (χ3v) is 4.05. The lowest BCUT2D eigenvalue weighted by Gasteiger charge is -2.22. The average Bonchev–Trinajstić information content (AvgIpc) is 2.73. The Hall–Kier alpha value is -2.10. The number of hydrazine groups is 1. The van der Waals surface area contributed by atoms with Crippen molar-refractivity contribution >= 4 is 17.5 Å². The molecule has 1 N–H and O–H groups in total. The summed E-state index contributed by atoms with van der Waals surface area (Å²) >= 11 is 0. The van der Waals surface area contributed by atoms with Crippen LogP contribution in [0.1, 0.15) is 39.2 Å². The van der Waals surface area contributed by atoms with Crippen molar-refractivity contribution in [1.29, 1.82) is 0 Å². The van der Waals surface area contributed by atoms with Crippen LogP contribution in [0.15, 0.2) is 36.4 Å². The molecule has 1 aliphatic rings. The topological polar surface area (TPSA) is 49.4 Å². The fourth-order valence-corrected chi connectivity index (χ4v) is 2.65. The van der Waals surface area contributed by atoms with Crippen molar-refractivity contribution in [2.75, 3.05) is 0 Å². The number of nitrogens with one attached hydrogen (secondary N) is 1. The molecule has 1 saturated heterocycles. The largest absolute Gasteiger partial charge is 0.272 e. The summed E-state index contributed by atoms with van der Waals surface area (Å²) in [7, 11) is 0. The predicted octanol–water partition coefficient (Wildman–Crippen LogP) is 2.73. The van der Waals surface area contributed by atoms with Gasteiger partial charge in [-0.05, 0) is 25.3 Å². The zero-order chi connectivity index (χ0) is 14.8. The number of carbonyl (C=O) groups excluding carboxylic acids is 2. The van der Waals surface area contributed by atoms with Gasteiger partial charge in [0.1, 0.15) is 5.41 Å². The van der Waals surface area contributed by atoms with Crippen LogP contribution in [-0.2, 0) is 9.59 Å². The Balaban J connectivity index is 2.40. The molecule has 1 aromatic rings. The Kier molecular flexibility index (Phi) is 3.93. The van der Waals surface area contributed by atoms with E-state index < -0.39 is 5.41 Å². The molecule has 0 aromatic heterocycles. The van der Waals surface area contributed by atoms with Crippen molar-refractivity contribution in [3.63, 3.8) is 0 Å². The highest BCUT2D eigenvalue weighted by atomic mass is 16.2. The summed E-state index contributed by atoms with van der Waals surface area (Å²) in [6, 6.07) is 9.59. The number of hydrogen-bond donors (Lipinski definition) is 1. The number of benzene rings is 1. The SMILES string of the molecule is C/C=C(\c1ccccc1)N1NC(=O)C(CC)(CC)C1=O. The van der Waals surface area contributed by atoms with Crippen LogP contribution in [0.2, 0.25) is 0 Å². The Morgan fingerprint density at radius 2 is 1.80 bits per heavy atom. The Morgan fingerprint density at radius 1 is 1.20 bits per heavy atom. The first-order chi connectivity index (χ1) is 9.60. The molecule has 20 heavy (non-hydrogen) atoms. The monoisotopic (exact) mass is 272 g/mol. The van der Waals surface area contributed by atoms with Crippen molar-refractivity contribution in [3.05, 3.63) is 42.0 Å². The van der Waals surface area contributed by atoms with Crippen LogP contribution < -0.4 is 5.43 Å². The van der Waals surface area contributed by atoms with E-state index in [9.17, 15) is 9.59 Å². The molecule has 1 heterocycles. The minimum atomic E-state index is -0.928. The van der Waals surface area contributed by atoms with E-state index >= 15 is 0 Å². The molecule has 106 valence electrons. The third-order valence-electron chi connectivity index (χ3n) is 4.05. The van der Waals surface area contributed by atoms with Crippen LogP contribution in [0.25, 0.3) is 5.70 Å². The zero-order valence-electron chi connectivity index (χ0n) is 12.1. The molecule has 4 heteroatoms. The van der Waals surface area contributed by atoms with Crippen molar-refractivity contribution in [3.8, 4) is 0 Å². The van der Waals surface area contributed by atoms with Crippen molar-refractivity contribution in [2.45, 2.75) is 33.6 Å². The quantitative estimate of drug-likeness (QED) is 0.857. The number of amides is 2. The first-order valence-corrected chi connectivity index (χ1v) is 6.98. The molecule has 4 nitrogen and oxygen atoms in total. The van der Waals surface area contributed by atoms with Gasteiger partial charge in [0.25, 0.3) is 11.8 Å². The number of hydrogen-bond acceptors (Lipinski definition) is 2. The van der Waals surface area contributed by atoms with Gasteiger partial charge >= 0.3 is 0 Å². The summed E-state index contributed by atoms with van der Waals surface area (Å²) in [5.74, 6) is -0.368. The fraction of sp³-hybridized carbons (Fsp3) is 0.375. The van der Waals surface area contributed by atoms with E-state index in [4.69, 9.17) is 0 Å². The summed E-state index contributed by atoms with van der Waals surface area (Å²) in [6.07, 6.45) is 2.86. The molecule has 0 saturated carbocycles. The van der Waals surface area contributed by atoms with E-state index in [0.29, 0.717) is 18.5 Å². The summed E-state index contributed by atoms with van der Waals surface area (Å²) in [4.78, 5) is 24.9. The second-order valence-electron chi connectivity index (χ2n) is 4.91. The van der Waals surface area contributed by atoms with Crippen LogP contribution >= 0.6 is 0 Å². The van der Waals surface area contributed by atoms with Crippen LogP contribution in [0.3, 0.4) is 0 Å². The molecule has 0 spiro atoms. The first-order valence-electron chi connectivity index (χ1n) is 6.98. The molecular weight excluding hydrogens is 252 g/mol. The highest BCUT2D eigenvalue weighted by Crippen LogP contribution is 2.36. The van der Waals surface area contributed by atoms with Crippen molar-refractivity contribution in [2.24, 2.45) is 5.41 Å². The van der Waals surface area contributed by atoms with Gasteiger partial charge in [-0.2, -0.15) is 0 Å². The lowest BCUT2D eigenvalue weighted by molar-refractivity contribution is -0.138. The van der Waals surface area contributed by atoms with Crippen LogP contribution in [0, 0.1) is 5.41 Å². The van der Waals surface area contributed by atoms with Gasteiger partial charge in [0, 0.05) is 0 Å². The standard InChI is InChI=1S/C16H20N2O2/c1-4-13(12-10-8-7-9-11-12)18-15(20)16(5-2,6-3)14(19)17-18/h4,7-11H,5-6H2,1-3H3,(H,17,19)/b13-4+. The predicted molar refractivity (Wildman–Crippen MR) is 78.1 cm³/mol. The van der Waals surface area contributed by atoms with E-state index in [1.54, 1.807) is 0 Å². The normalized spacial score (nSPS) is 18.4. The maximum atomic E-state index is 12.7. The summed E-state index contributed by atoms with van der Waals surface area (Å²) in [6.45, 7) is 5.62. The lowest BCUT2D eigenvalue weighted by atomic mass is 9.81. The van der Waals surface area contributed by atoms with Gasteiger partial charge in [0.2, 0.25) is 0 Å². The molecule has 1 aliphatic heterocycles. The van der Waals surface area contributed by atoms with E-state index in [-0.39, 0.29) is 11.8 Å². The maximum Gasteiger partial charge on any atom is 0.261 e. The van der Waals surface area contributed by atoms with Gasteiger partial charge in [-0.3, -0.25) is 15.0 Å².